The van der Waals surface area contributed by atoms with E-state index in [0.717, 1.165) is 37.0 Å². The molecule has 1 aliphatic rings. The lowest BCUT2D eigenvalue weighted by molar-refractivity contribution is -0.138. The van der Waals surface area contributed by atoms with Gasteiger partial charge in [0, 0.05) is 24.8 Å². The minimum Gasteiger partial charge on any atom is -0.494 e. The quantitative estimate of drug-likeness (QED) is 0.259. The van der Waals surface area contributed by atoms with Crippen LogP contribution in [0.25, 0.3) is 6.08 Å². The highest BCUT2D eigenvalue weighted by Gasteiger charge is 2.21. The average Bonchev–Trinajstić information content (AvgIpc) is 2.98. The van der Waals surface area contributed by atoms with Crippen LogP contribution in [0.4, 0.5) is 0 Å². The number of hydrogen-bond donors (Lipinski definition) is 0. The molecule has 1 heterocycles. The van der Waals surface area contributed by atoms with E-state index in [4.69, 9.17) is 9.47 Å². The minimum atomic E-state index is -0.354. The lowest BCUT2D eigenvalue weighted by Crippen LogP contribution is -2.30. The lowest BCUT2D eigenvalue weighted by atomic mass is 10.2. The molecule has 0 saturated carbocycles. The van der Waals surface area contributed by atoms with E-state index in [9.17, 15) is 14.4 Å². The Kier molecular flexibility index (Phi) is 8.29. The van der Waals surface area contributed by atoms with E-state index in [0.29, 0.717) is 19.8 Å². The maximum Gasteiger partial charge on any atom is 0.330 e. The van der Waals surface area contributed by atoms with Gasteiger partial charge in [-0.3, -0.25) is 14.5 Å². The molecule has 27 heavy (non-hydrogen) atoms. The van der Waals surface area contributed by atoms with Crippen molar-refractivity contribution < 1.29 is 23.9 Å². The molecule has 2 rings (SSSR count). The van der Waals surface area contributed by atoms with Gasteiger partial charge in [-0.1, -0.05) is 25.0 Å². The summed E-state index contributed by atoms with van der Waals surface area (Å²) in [7, 11) is 0. The van der Waals surface area contributed by atoms with E-state index < -0.39 is 0 Å². The lowest BCUT2D eigenvalue weighted by Gasteiger charge is -2.13. The molecule has 1 aliphatic heterocycles. The zero-order valence-corrected chi connectivity index (χ0v) is 15.6. The number of carbonyl (C=O) groups is 3. The van der Waals surface area contributed by atoms with Crippen molar-refractivity contribution >= 4 is 23.9 Å². The van der Waals surface area contributed by atoms with E-state index in [1.165, 1.54) is 23.1 Å². The van der Waals surface area contributed by atoms with Gasteiger partial charge >= 0.3 is 5.97 Å². The number of nitrogens with zero attached hydrogens (tertiary/aromatic N) is 1. The predicted molar refractivity (Wildman–Crippen MR) is 102 cm³/mol. The fourth-order valence-electron chi connectivity index (χ4n) is 2.60. The van der Waals surface area contributed by atoms with Gasteiger partial charge in [0.25, 0.3) is 11.8 Å². The summed E-state index contributed by atoms with van der Waals surface area (Å²) in [5.41, 5.74) is 0.899. The second-order valence-corrected chi connectivity index (χ2v) is 6.08. The SMILES string of the molecule is CCOC(=O)/C=C/c1ccc(OCCCCCCN2C(=O)C=CC2=O)cc1. The second-order valence-electron chi connectivity index (χ2n) is 6.08. The third-order valence-electron chi connectivity index (χ3n) is 4.02. The molecule has 1 aromatic rings. The summed E-state index contributed by atoms with van der Waals surface area (Å²) >= 11 is 0. The highest BCUT2D eigenvalue weighted by molar-refractivity contribution is 6.12. The van der Waals surface area contributed by atoms with Gasteiger partial charge in [-0.15, -0.1) is 0 Å². The smallest absolute Gasteiger partial charge is 0.330 e. The molecule has 0 radical (unpaired) electrons. The first-order valence-electron chi connectivity index (χ1n) is 9.21. The molecule has 0 unspecified atom stereocenters. The van der Waals surface area contributed by atoms with Crippen LogP contribution in [0, 0.1) is 0 Å². The number of rotatable bonds is 11. The van der Waals surface area contributed by atoms with Gasteiger partial charge in [0.1, 0.15) is 5.75 Å². The summed E-state index contributed by atoms with van der Waals surface area (Å²) in [6.07, 6.45) is 9.36. The molecule has 0 bridgehead atoms. The number of esters is 1. The molecule has 0 atom stereocenters. The monoisotopic (exact) mass is 371 g/mol. The van der Waals surface area contributed by atoms with Crippen LogP contribution >= 0.6 is 0 Å². The first-order valence-corrected chi connectivity index (χ1v) is 9.21. The fraction of sp³-hybridized carbons (Fsp3) is 0.381. The van der Waals surface area contributed by atoms with E-state index in [1.54, 1.807) is 13.0 Å². The summed E-state index contributed by atoms with van der Waals surface area (Å²) in [5, 5.41) is 0. The van der Waals surface area contributed by atoms with Gasteiger partial charge in [-0.05, 0) is 43.5 Å². The van der Waals surface area contributed by atoms with Crippen LogP contribution in [0.2, 0.25) is 0 Å². The van der Waals surface area contributed by atoms with Crippen molar-refractivity contribution in [1.29, 1.82) is 0 Å². The van der Waals surface area contributed by atoms with Gasteiger partial charge in [0.15, 0.2) is 0 Å². The summed E-state index contributed by atoms with van der Waals surface area (Å²) < 4.78 is 10.5. The molecule has 0 aromatic heterocycles. The largest absolute Gasteiger partial charge is 0.494 e. The van der Waals surface area contributed by atoms with Crippen LogP contribution in [0.15, 0.2) is 42.5 Å². The predicted octanol–water partition coefficient (Wildman–Crippen LogP) is 3.13. The van der Waals surface area contributed by atoms with Gasteiger partial charge in [-0.2, -0.15) is 0 Å². The van der Waals surface area contributed by atoms with Gasteiger partial charge in [0.2, 0.25) is 0 Å². The molecule has 2 amide bonds. The Balaban J connectivity index is 1.57. The van der Waals surface area contributed by atoms with Crippen LogP contribution in [0.5, 0.6) is 5.75 Å². The Morgan fingerprint density at radius 3 is 2.33 bits per heavy atom. The number of hydrogen-bond acceptors (Lipinski definition) is 5. The maximum atomic E-state index is 11.4. The van der Waals surface area contributed by atoms with Crippen molar-refractivity contribution in [2.45, 2.75) is 32.6 Å². The molecule has 0 aliphatic carbocycles. The van der Waals surface area contributed by atoms with E-state index in [2.05, 4.69) is 0 Å². The second kappa shape index (κ2) is 11.0. The van der Waals surface area contributed by atoms with E-state index in [-0.39, 0.29) is 17.8 Å². The van der Waals surface area contributed by atoms with Crippen molar-refractivity contribution in [2.24, 2.45) is 0 Å². The summed E-state index contributed by atoms with van der Waals surface area (Å²) in [6, 6.07) is 7.48. The first kappa shape index (κ1) is 20.4. The molecule has 1 aromatic carbocycles. The minimum absolute atomic E-state index is 0.219. The van der Waals surface area contributed by atoms with Crippen molar-refractivity contribution in [3.05, 3.63) is 48.1 Å². The molecule has 0 N–H and O–H groups in total. The molecule has 6 nitrogen and oxygen atoms in total. The highest BCUT2D eigenvalue weighted by atomic mass is 16.5. The molecule has 144 valence electrons. The number of benzene rings is 1. The van der Waals surface area contributed by atoms with Crippen LogP contribution in [-0.2, 0) is 19.1 Å². The van der Waals surface area contributed by atoms with Crippen LogP contribution < -0.4 is 4.74 Å². The molecule has 0 spiro atoms. The summed E-state index contributed by atoms with van der Waals surface area (Å²) in [4.78, 5) is 35.4. The number of imide groups is 1. The topological polar surface area (TPSA) is 72.9 Å². The van der Waals surface area contributed by atoms with E-state index in [1.807, 2.05) is 24.3 Å². The van der Waals surface area contributed by atoms with Crippen molar-refractivity contribution in [2.75, 3.05) is 19.8 Å². The zero-order chi connectivity index (χ0) is 19.5. The van der Waals surface area contributed by atoms with Gasteiger partial charge in [-0.25, -0.2) is 4.79 Å². The Hall–Kier alpha value is -2.89. The zero-order valence-electron chi connectivity index (χ0n) is 15.6. The van der Waals surface area contributed by atoms with Crippen molar-refractivity contribution in [3.63, 3.8) is 0 Å². The first-order chi connectivity index (χ1) is 13.1. The average molecular weight is 371 g/mol. The molecule has 0 fully saturated rings. The molecular formula is C21H25NO5. The van der Waals surface area contributed by atoms with Crippen LogP contribution in [0.1, 0.15) is 38.2 Å². The Bertz CT molecular complexity index is 688. The molecular weight excluding hydrogens is 346 g/mol. The maximum absolute atomic E-state index is 11.4. The normalized spacial score (nSPS) is 13.6. The Morgan fingerprint density at radius 2 is 1.67 bits per heavy atom. The highest BCUT2D eigenvalue weighted by Crippen LogP contribution is 2.14. The summed E-state index contributed by atoms with van der Waals surface area (Å²) in [6.45, 7) is 3.22. The number of amides is 2. The fourth-order valence-corrected chi connectivity index (χ4v) is 2.60. The van der Waals surface area contributed by atoms with Crippen molar-refractivity contribution in [1.82, 2.24) is 4.90 Å². The van der Waals surface area contributed by atoms with Gasteiger partial charge in [0.05, 0.1) is 13.2 Å². The number of carbonyl (C=O) groups excluding carboxylic acids is 3. The number of unbranched alkanes of at least 4 members (excludes halogenated alkanes) is 3. The third kappa shape index (κ3) is 7.09. The van der Waals surface area contributed by atoms with Crippen LogP contribution in [-0.4, -0.2) is 42.4 Å². The van der Waals surface area contributed by atoms with Gasteiger partial charge < -0.3 is 9.47 Å². The Labute approximate surface area is 159 Å². The van der Waals surface area contributed by atoms with E-state index >= 15 is 0 Å². The van der Waals surface area contributed by atoms with Crippen molar-refractivity contribution in [3.8, 4) is 5.75 Å². The Morgan fingerprint density at radius 1 is 1.00 bits per heavy atom. The third-order valence-corrected chi connectivity index (χ3v) is 4.02. The standard InChI is InChI=1S/C21H25NO5/c1-2-26-21(25)14-9-17-7-10-18(11-8-17)27-16-6-4-3-5-15-22-19(23)12-13-20(22)24/h7-14H,2-6,15-16H2,1H3/b14-9+. The summed E-state index contributed by atoms with van der Waals surface area (Å²) in [5.74, 6) is -0.0112. The molecule has 0 saturated heterocycles. The van der Waals surface area contributed by atoms with Crippen LogP contribution in [0.3, 0.4) is 0 Å². The molecule has 6 heteroatoms. The number of ether oxygens (including phenoxy) is 2.